The Morgan fingerprint density at radius 3 is 2.51 bits per heavy atom. The van der Waals surface area contributed by atoms with Crippen molar-refractivity contribution in [2.45, 2.75) is 83.5 Å². The van der Waals surface area contributed by atoms with Crippen LogP contribution in [0, 0.1) is 6.92 Å². The van der Waals surface area contributed by atoms with Gasteiger partial charge < -0.3 is 19.4 Å². The molecule has 0 aliphatic heterocycles. The van der Waals surface area contributed by atoms with Gasteiger partial charge in [0.1, 0.15) is 16.9 Å². The van der Waals surface area contributed by atoms with Crippen molar-refractivity contribution in [3.63, 3.8) is 0 Å². The molecule has 0 saturated heterocycles. The van der Waals surface area contributed by atoms with Gasteiger partial charge in [0.15, 0.2) is 11.6 Å². The fraction of sp³-hybridized carbons (Fsp3) is 0.538. The maximum absolute atomic E-state index is 13.8. The molecular weight excluding hydrogens is 440 g/mol. The number of nitrogens with one attached hydrogen (secondary N) is 1. The summed E-state index contributed by atoms with van der Waals surface area (Å²) in [6.07, 6.45) is 9.97. The van der Waals surface area contributed by atoms with Crippen molar-refractivity contribution >= 4 is 39.6 Å². The molecule has 9 nitrogen and oxygen atoms in total. The Bertz CT molecular complexity index is 1450. The van der Waals surface area contributed by atoms with E-state index >= 15 is 0 Å². The second kappa shape index (κ2) is 7.57. The zero-order valence-electron chi connectivity index (χ0n) is 20.7. The average molecular weight is 473 g/mol. The lowest BCUT2D eigenvalue weighted by molar-refractivity contribution is 0.0719. The van der Waals surface area contributed by atoms with Crippen LogP contribution in [0.4, 0.5) is 11.6 Å². The lowest BCUT2D eigenvalue weighted by Gasteiger charge is -2.26. The van der Waals surface area contributed by atoms with Crippen LogP contribution in [0.2, 0.25) is 0 Å². The Hall–Kier alpha value is -3.36. The first-order chi connectivity index (χ1) is 17.0. The van der Waals surface area contributed by atoms with E-state index in [1.165, 1.54) is 19.3 Å². The van der Waals surface area contributed by atoms with Gasteiger partial charge in [-0.15, -0.1) is 0 Å². The zero-order chi connectivity index (χ0) is 23.8. The molecule has 0 aromatic carbocycles. The lowest BCUT2D eigenvalue weighted by Crippen LogP contribution is -2.36. The fourth-order valence-corrected chi connectivity index (χ4v) is 5.64. The molecule has 35 heavy (non-hydrogen) atoms. The third-order valence-corrected chi connectivity index (χ3v) is 7.94. The molecule has 3 fully saturated rings. The quantitative estimate of drug-likeness (QED) is 0.422. The molecule has 0 radical (unpaired) electrons. The summed E-state index contributed by atoms with van der Waals surface area (Å²) < 4.78 is 6.23. The number of hydrogen-bond acceptors (Lipinski definition) is 5. The number of carbonyl (C=O) groups is 1. The van der Waals surface area contributed by atoms with Crippen molar-refractivity contribution in [3.8, 4) is 0 Å². The second-order valence-corrected chi connectivity index (χ2v) is 10.5. The number of aromatic nitrogens is 6. The average Bonchev–Trinajstić information content (AvgIpc) is 3.71. The second-order valence-electron chi connectivity index (χ2n) is 10.5. The number of rotatable bonds is 7. The first kappa shape index (κ1) is 21.0. The highest BCUT2D eigenvalue weighted by molar-refractivity contribution is 6.10. The topological polar surface area (TPSA) is 85.8 Å². The molecule has 1 amide bonds. The third kappa shape index (κ3) is 3.27. The van der Waals surface area contributed by atoms with Crippen LogP contribution in [0.15, 0.2) is 18.5 Å². The van der Waals surface area contributed by atoms with Crippen molar-refractivity contribution in [3.05, 3.63) is 29.8 Å². The van der Waals surface area contributed by atoms with E-state index in [0.29, 0.717) is 30.5 Å². The van der Waals surface area contributed by atoms with E-state index in [-0.39, 0.29) is 5.91 Å². The van der Waals surface area contributed by atoms with Crippen molar-refractivity contribution in [2.75, 3.05) is 5.32 Å². The normalized spacial score (nSPS) is 18.4. The monoisotopic (exact) mass is 472 g/mol. The molecule has 7 rings (SSSR count). The highest BCUT2D eigenvalue weighted by Crippen LogP contribution is 2.40. The SMILES string of the molecule is CCn1c(C(=O)N(C2CC2)C2CC2)cc2c3c(ncn3C)c(Nc3cc(C)n(C4CCC4)n3)nc21. The number of pyridine rings is 1. The van der Waals surface area contributed by atoms with Crippen LogP contribution in [-0.2, 0) is 13.6 Å². The molecule has 4 heterocycles. The molecule has 0 unspecified atom stereocenters. The van der Waals surface area contributed by atoms with Gasteiger partial charge in [0.2, 0.25) is 0 Å². The third-order valence-electron chi connectivity index (χ3n) is 7.94. The number of fused-ring (bicyclic) bond motifs is 3. The summed E-state index contributed by atoms with van der Waals surface area (Å²) in [5.74, 6) is 1.61. The van der Waals surface area contributed by atoms with Crippen LogP contribution in [-0.4, -0.2) is 51.8 Å². The highest BCUT2D eigenvalue weighted by atomic mass is 16.2. The first-order valence-corrected chi connectivity index (χ1v) is 13.0. The summed E-state index contributed by atoms with van der Waals surface area (Å²) in [6, 6.07) is 5.44. The number of imidazole rings is 1. The van der Waals surface area contributed by atoms with Gasteiger partial charge in [0.25, 0.3) is 5.91 Å². The van der Waals surface area contributed by atoms with Crippen molar-refractivity contribution < 1.29 is 4.79 Å². The predicted octanol–water partition coefficient (Wildman–Crippen LogP) is 4.68. The number of nitrogens with zero attached hydrogens (tertiary/aromatic N) is 7. The minimum atomic E-state index is 0.148. The molecule has 3 aliphatic rings. The lowest BCUT2D eigenvalue weighted by atomic mass is 9.93. The Kier molecular flexibility index (Phi) is 4.53. The van der Waals surface area contributed by atoms with Crippen molar-refractivity contribution in [1.82, 2.24) is 33.8 Å². The van der Waals surface area contributed by atoms with Crippen LogP contribution < -0.4 is 5.32 Å². The molecule has 3 aliphatic carbocycles. The molecule has 1 N–H and O–H groups in total. The summed E-state index contributed by atoms with van der Waals surface area (Å²) in [5.41, 5.74) is 4.48. The Morgan fingerprint density at radius 2 is 1.89 bits per heavy atom. The van der Waals surface area contributed by atoms with E-state index in [4.69, 9.17) is 10.1 Å². The molecule has 0 bridgehead atoms. The number of amides is 1. The number of hydrogen-bond donors (Lipinski definition) is 1. The van der Waals surface area contributed by atoms with Crippen LogP contribution in [0.1, 0.15) is 74.1 Å². The molecule has 4 aromatic heterocycles. The van der Waals surface area contributed by atoms with Crippen LogP contribution >= 0.6 is 0 Å². The van der Waals surface area contributed by atoms with Gasteiger partial charge >= 0.3 is 0 Å². The van der Waals surface area contributed by atoms with Gasteiger partial charge in [0.05, 0.1) is 17.9 Å². The van der Waals surface area contributed by atoms with E-state index < -0.39 is 0 Å². The van der Waals surface area contributed by atoms with E-state index in [9.17, 15) is 4.79 Å². The number of anilines is 2. The van der Waals surface area contributed by atoms with E-state index in [0.717, 1.165) is 65.0 Å². The predicted molar refractivity (Wildman–Crippen MR) is 135 cm³/mol. The van der Waals surface area contributed by atoms with Crippen LogP contribution in [0.3, 0.4) is 0 Å². The van der Waals surface area contributed by atoms with Crippen LogP contribution in [0.25, 0.3) is 22.1 Å². The first-order valence-electron chi connectivity index (χ1n) is 13.0. The largest absolute Gasteiger partial charge is 0.333 e. The van der Waals surface area contributed by atoms with E-state index in [2.05, 4.69) is 44.4 Å². The molecule has 182 valence electrons. The molecule has 4 aromatic rings. The van der Waals surface area contributed by atoms with E-state index in [1.807, 2.05) is 24.0 Å². The van der Waals surface area contributed by atoms with Gasteiger partial charge in [-0.2, -0.15) is 5.10 Å². The standard InChI is InChI=1S/C26H32N8O/c1-4-32-20(26(35)33(16-8-9-16)17-10-11-17)13-19-23-22(27-14-31(23)3)24(29-25(19)32)28-21-12-15(2)34(30-21)18-6-5-7-18/h12-14,16-18H,4-11H2,1-3H3,(H,28,29,30). The van der Waals surface area contributed by atoms with E-state index in [1.54, 1.807) is 0 Å². The summed E-state index contributed by atoms with van der Waals surface area (Å²) in [4.78, 5) is 25.6. The molecular formula is C26H32N8O. The van der Waals surface area contributed by atoms with Gasteiger partial charge in [-0.25, -0.2) is 9.97 Å². The summed E-state index contributed by atoms with van der Waals surface area (Å²) in [6.45, 7) is 4.87. The smallest absolute Gasteiger partial charge is 0.271 e. The minimum Gasteiger partial charge on any atom is -0.333 e. The van der Waals surface area contributed by atoms with Gasteiger partial charge in [-0.1, -0.05) is 0 Å². The minimum absolute atomic E-state index is 0.148. The highest BCUT2D eigenvalue weighted by Gasteiger charge is 2.43. The summed E-state index contributed by atoms with van der Waals surface area (Å²) in [5, 5.41) is 9.26. The molecule has 0 atom stereocenters. The Balaban J connectivity index is 1.34. The Morgan fingerprint density at radius 1 is 1.14 bits per heavy atom. The maximum Gasteiger partial charge on any atom is 0.271 e. The zero-order valence-corrected chi connectivity index (χ0v) is 20.7. The number of aryl methyl sites for hydroxylation is 3. The fourth-order valence-electron chi connectivity index (χ4n) is 5.64. The summed E-state index contributed by atoms with van der Waals surface area (Å²) in [7, 11) is 2.00. The van der Waals surface area contributed by atoms with Gasteiger partial charge in [0, 0.05) is 42.8 Å². The molecule has 9 heteroatoms. The maximum atomic E-state index is 13.8. The summed E-state index contributed by atoms with van der Waals surface area (Å²) >= 11 is 0. The number of carbonyl (C=O) groups excluding carboxylic acids is 1. The molecule has 0 spiro atoms. The van der Waals surface area contributed by atoms with Crippen molar-refractivity contribution in [2.24, 2.45) is 7.05 Å². The van der Waals surface area contributed by atoms with Gasteiger partial charge in [-0.05, 0) is 64.9 Å². The van der Waals surface area contributed by atoms with Crippen LogP contribution in [0.5, 0.6) is 0 Å². The van der Waals surface area contributed by atoms with Crippen molar-refractivity contribution in [1.29, 1.82) is 0 Å². The molecule has 3 saturated carbocycles. The van der Waals surface area contributed by atoms with Gasteiger partial charge in [-0.3, -0.25) is 9.48 Å². The Labute approximate surface area is 204 Å².